The fourth-order valence-corrected chi connectivity index (χ4v) is 4.16. The van der Waals surface area contributed by atoms with Crippen LogP contribution in [0.2, 0.25) is 0 Å². The van der Waals surface area contributed by atoms with Gasteiger partial charge in [0, 0.05) is 0 Å². The van der Waals surface area contributed by atoms with Crippen LogP contribution in [0.3, 0.4) is 0 Å². The van der Waals surface area contributed by atoms with Crippen molar-refractivity contribution in [3.8, 4) is 22.3 Å². The minimum atomic E-state index is -4.91. The standard InChI is InChI=1S/C27H22F6/c1-25(2,3)19-11-17-9-10-22(16-7-5-4-6-8-16)24(23(17)15-19)18-12-20(26(28,29)30)14-21(13-18)27(31,32)33/h4-10,12-15H,11H2,1-3H3. The van der Waals surface area contributed by atoms with E-state index in [4.69, 9.17) is 0 Å². The van der Waals surface area contributed by atoms with E-state index in [2.05, 4.69) is 0 Å². The third-order valence-corrected chi connectivity index (χ3v) is 5.96. The van der Waals surface area contributed by atoms with Crippen molar-refractivity contribution in [2.75, 3.05) is 0 Å². The second kappa shape index (κ2) is 7.79. The summed E-state index contributed by atoms with van der Waals surface area (Å²) >= 11 is 0. The van der Waals surface area contributed by atoms with Gasteiger partial charge < -0.3 is 0 Å². The highest BCUT2D eigenvalue weighted by Crippen LogP contribution is 2.46. The van der Waals surface area contributed by atoms with E-state index in [1.54, 1.807) is 36.4 Å². The van der Waals surface area contributed by atoms with Crippen molar-refractivity contribution in [1.82, 2.24) is 0 Å². The molecule has 0 amide bonds. The molecule has 6 heteroatoms. The molecule has 0 nitrogen and oxygen atoms in total. The van der Waals surface area contributed by atoms with Gasteiger partial charge in [-0.3, -0.25) is 0 Å². The molecule has 1 aliphatic rings. The Kier molecular flexibility index (Phi) is 5.46. The molecule has 33 heavy (non-hydrogen) atoms. The zero-order valence-electron chi connectivity index (χ0n) is 18.3. The van der Waals surface area contributed by atoms with Crippen molar-refractivity contribution in [3.05, 3.63) is 88.5 Å². The van der Waals surface area contributed by atoms with Gasteiger partial charge in [-0.2, -0.15) is 26.3 Å². The summed E-state index contributed by atoms with van der Waals surface area (Å²) in [7, 11) is 0. The Balaban J connectivity index is 2.07. The minimum absolute atomic E-state index is 0.0979. The monoisotopic (exact) mass is 460 g/mol. The van der Waals surface area contributed by atoms with Crippen molar-refractivity contribution < 1.29 is 26.3 Å². The maximum absolute atomic E-state index is 13.6. The zero-order chi connectivity index (χ0) is 24.2. The van der Waals surface area contributed by atoms with Gasteiger partial charge in [0.2, 0.25) is 0 Å². The lowest BCUT2D eigenvalue weighted by molar-refractivity contribution is -0.143. The predicted molar refractivity (Wildman–Crippen MR) is 118 cm³/mol. The van der Waals surface area contributed by atoms with Gasteiger partial charge in [-0.25, -0.2) is 0 Å². The van der Waals surface area contributed by atoms with E-state index in [9.17, 15) is 26.3 Å². The average Bonchev–Trinajstić information content (AvgIpc) is 3.17. The molecule has 4 rings (SSSR count). The molecule has 0 saturated heterocycles. The summed E-state index contributed by atoms with van der Waals surface area (Å²) in [4.78, 5) is 0. The third kappa shape index (κ3) is 4.56. The average molecular weight is 460 g/mol. The van der Waals surface area contributed by atoms with Gasteiger partial charge in [-0.1, -0.05) is 74.9 Å². The highest BCUT2D eigenvalue weighted by molar-refractivity contribution is 5.92. The van der Waals surface area contributed by atoms with E-state index in [1.165, 1.54) is 0 Å². The molecule has 3 aromatic carbocycles. The van der Waals surface area contributed by atoms with Crippen LogP contribution in [0.1, 0.15) is 43.0 Å². The summed E-state index contributed by atoms with van der Waals surface area (Å²) in [6.07, 6.45) is -7.29. The lowest BCUT2D eigenvalue weighted by Gasteiger charge is -2.19. The lowest BCUT2D eigenvalue weighted by Crippen LogP contribution is -2.11. The Morgan fingerprint density at radius 3 is 1.76 bits per heavy atom. The van der Waals surface area contributed by atoms with Crippen molar-refractivity contribution in [3.63, 3.8) is 0 Å². The maximum Gasteiger partial charge on any atom is 0.416 e. The van der Waals surface area contributed by atoms with Crippen molar-refractivity contribution in [1.29, 1.82) is 0 Å². The minimum Gasteiger partial charge on any atom is -0.166 e. The summed E-state index contributed by atoms with van der Waals surface area (Å²) < 4.78 is 81.5. The SMILES string of the molecule is CC(C)(C)C1=Cc2c(ccc(-c3ccccc3)c2-c2cc(C(F)(F)F)cc(C(F)(F)F)c2)C1. The van der Waals surface area contributed by atoms with E-state index in [1.807, 2.05) is 32.9 Å². The molecule has 3 aromatic rings. The van der Waals surface area contributed by atoms with Crippen LogP contribution in [0, 0.1) is 5.41 Å². The molecule has 0 fully saturated rings. The van der Waals surface area contributed by atoms with Gasteiger partial charge in [-0.15, -0.1) is 0 Å². The number of hydrogen-bond donors (Lipinski definition) is 0. The number of hydrogen-bond acceptors (Lipinski definition) is 0. The molecule has 0 bridgehead atoms. The molecule has 0 heterocycles. The Labute approximate surface area is 188 Å². The molecule has 1 aliphatic carbocycles. The van der Waals surface area contributed by atoms with E-state index >= 15 is 0 Å². The quantitative estimate of drug-likeness (QED) is 0.335. The first-order chi connectivity index (χ1) is 15.2. The second-order valence-corrected chi connectivity index (χ2v) is 9.32. The van der Waals surface area contributed by atoms with E-state index in [-0.39, 0.29) is 17.0 Å². The van der Waals surface area contributed by atoms with Gasteiger partial charge in [0.15, 0.2) is 0 Å². The van der Waals surface area contributed by atoms with Crippen molar-refractivity contribution in [2.24, 2.45) is 5.41 Å². The molecule has 0 radical (unpaired) electrons. The van der Waals surface area contributed by atoms with Gasteiger partial charge >= 0.3 is 12.4 Å². The Bertz CT molecular complexity index is 1190. The molecular weight excluding hydrogens is 438 g/mol. The van der Waals surface area contributed by atoms with Crippen LogP contribution >= 0.6 is 0 Å². The van der Waals surface area contributed by atoms with Crippen LogP contribution in [-0.4, -0.2) is 0 Å². The summed E-state index contributed by atoms with van der Waals surface area (Å²) in [5.41, 5.74) is 1.42. The Hall–Kier alpha value is -3.02. The van der Waals surface area contributed by atoms with Crippen LogP contribution in [0.15, 0.2) is 66.2 Å². The Morgan fingerprint density at radius 2 is 1.24 bits per heavy atom. The smallest absolute Gasteiger partial charge is 0.166 e. The molecule has 0 aromatic heterocycles. The normalized spacial score (nSPS) is 14.3. The Morgan fingerprint density at radius 1 is 0.667 bits per heavy atom. The van der Waals surface area contributed by atoms with Crippen molar-refractivity contribution >= 4 is 6.08 Å². The fraction of sp³-hybridized carbons (Fsp3) is 0.259. The van der Waals surface area contributed by atoms with Crippen LogP contribution in [0.4, 0.5) is 26.3 Å². The van der Waals surface area contributed by atoms with Crippen LogP contribution in [0.5, 0.6) is 0 Å². The number of allylic oxidation sites excluding steroid dienone is 1. The highest BCUT2D eigenvalue weighted by Gasteiger charge is 2.37. The van der Waals surface area contributed by atoms with Crippen LogP contribution in [0.25, 0.3) is 28.3 Å². The highest BCUT2D eigenvalue weighted by atomic mass is 19.4. The number of rotatable bonds is 2. The predicted octanol–water partition coefficient (Wildman–Crippen LogP) is 9.04. The molecule has 0 unspecified atom stereocenters. The molecule has 0 N–H and O–H groups in total. The first-order valence-electron chi connectivity index (χ1n) is 10.5. The topological polar surface area (TPSA) is 0 Å². The summed E-state index contributed by atoms with van der Waals surface area (Å²) in [5, 5.41) is 0. The zero-order valence-corrected chi connectivity index (χ0v) is 18.3. The van der Waals surface area contributed by atoms with Crippen molar-refractivity contribution in [2.45, 2.75) is 39.5 Å². The maximum atomic E-state index is 13.6. The molecule has 172 valence electrons. The number of halogens is 6. The molecular formula is C27H22F6. The fourth-order valence-electron chi connectivity index (χ4n) is 4.16. The molecule has 0 aliphatic heterocycles. The van der Waals surface area contributed by atoms with Gasteiger partial charge in [-0.05, 0) is 63.4 Å². The summed E-state index contributed by atoms with van der Waals surface area (Å²) in [6, 6.07) is 14.5. The largest absolute Gasteiger partial charge is 0.416 e. The third-order valence-electron chi connectivity index (χ3n) is 5.96. The lowest BCUT2D eigenvalue weighted by atomic mass is 9.85. The van der Waals surface area contributed by atoms with Gasteiger partial charge in [0.25, 0.3) is 0 Å². The summed E-state index contributed by atoms with van der Waals surface area (Å²) in [5.74, 6) is 0. The first-order valence-corrected chi connectivity index (χ1v) is 10.5. The van der Waals surface area contributed by atoms with Crippen LogP contribution in [-0.2, 0) is 18.8 Å². The van der Waals surface area contributed by atoms with Gasteiger partial charge in [0.05, 0.1) is 11.1 Å². The van der Waals surface area contributed by atoms with E-state index in [0.717, 1.165) is 28.8 Å². The van der Waals surface area contributed by atoms with E-state index < -0.39 is 23.5 Å². The number of fused-ring (bicyclic) bond motifs is 1. The van der Waals surface area contributed by atoms with E-state index in [0.29, 0.717) is 23.1 Å². The first kappa shape index (κ1) is 23.1. The molecule has 0 atom stereocenters. The number of alkyl halides is 6. The summed E-state index contributed by atoms with van der Waals surface area (Å²) in [6.45, 7) is 6.11. The van der Waals surface area contributed by atoms with Crippen LogP contribution < -0.4 is 0 Å². The molecule has 0 spiro atoms. The second-order valence-electron chi connectivity index (χ2n) is 9.32. The number of benzene rings is 3. The van der Waals surface area contributed by atoms with Gasteiger partial charge in [0.1, 0.15) is 0 Å². The molecule has 0 saturated carbocycles.